The second-order valence-corrected chi connectivity index (χ2v) is 18.4. The predicted molar refractivity (Wildman–Crippen MR) is 244 cm³/mol. The van der Waals surface area contributed by atoms with Crippen LogP contribution in [0.1, 0.15) is 46.2 Å². The number of carbonyl (C=O) groups excluding carboxylic acids is 4. The maximum atomic E-state index is 15.6. The highest BCUT2D eigenvalue weighted by atomic mass is 16.2. The van der Waals surface area contributed by atoms with Gasteiger partial charge in [-0.1, -0.05) is 158 Å². The number of piperazine rings is 2. The smallest absolute Gasteiger partial charge is 0.247 e. The van der Waals surface area contributed by atoms with Crippen LogP contribution in [-0.2, 0) is 55.9 Å². The molecule has 0 unspecified atom stereocenters. The summed E-state index contributed by atoms with van der Waals surface area (Å²) in [5, 5.41) is 6.39. The van der Waals surface area contributed by atoms with Crippen LogP contribution in [0.15, 0.2) is 170 Å². The summed E-state index contributed by atoms with van der Waals surface area (Å²) in [4.78, 5) is 69.5. The van der Waals surface area contributed by atoms with Gasteiger partial charge in [-0.25, -0.2) is 0 Å². The van der Waals surface area contributed by atoms with Crippen LogP contribution in [0.5, 0.6) is 0 Å². The van der Waals surface area contributed by atoms with Crippen molar-refractivity contribution in [2.24, 2.45) is 0 Å². The van der Waals surface area contributed by atoms with Gasteiger partial charge in [0.2, 0.25) is 23.6 Å². The van der Waals surface area contributed by atoms with Gasteiger partial charge in [-0.3, -0.25) is 19.2 Å². The van der Waals surface area contributed by atoms with E-state index in [1.807, 2.05) is 107 Å². The standard InChI is InChI=1S/C54H48N6O4/c61-47-45-31-53(39-25-13-15-27-43(39)57(33-37-21-9-3-10-22-37)51(53)59(45)49(63)41(55-47)29-35-17-5-1-6-18-35)54-32-46-48(62)56-42(30-36-19-7-2-8-20-36)50(64)60(46)52(54)58(34-38-23-11-4-12-24-38)44-28-16-14-26-40(44)54/h1-28,41-42,45-46,51-52H,29-34H2,(H,55,61)(H,56,62)/t41-,42-,45-,46-,51+,52+,53-,54-/m1/s1. The lowest BCUT2D eigenvalue weighted by Gasteiger charge is -2.51. The number of anilines is 2. The van der Waals surface area contributed by atoms with Crippen LogP contribution in [0.25, 0.3) is 0 Å². The molecule has 4 saturated heterocycles. The van der Waals surface area contributed by atoms with Gasteiger partial charge in [-0.15, -0.1) is 0 Å². The van der Waals surface area contributed by atoms with Crippen molar-refractivity contribution >= 4 is 35.0 Å². The first kappa shape index (κ1) is 38.5. The third kappa shape index (κ3) is 5.50. The minimum atomic E-state index is -0.975. The molecule has 6 aromatic carbocycles. The van der Waals surface area contributed by atoms with Crippen LogP contribution >= 0.6 is 0 Å². The first-order valence-corrected chi connectivity index (χ1v) is 22.5. The Morgan fingerprint density at radius 1 is 0.422 bits per heavy atom. The second kappa shape index (κ2) is 14.7. The lowest BCUT2D eigenvalue weighted by Crippen LogP contribution is -2.69. The molecule has 4 amide bonds. The van der Waals surface area contributed by atoms with E-state index in [-0.39, 0.29) is 23.6 Å². The van der Waals surface area contributed by atoms with Crippen molar-refractivity contribution in [2.75, 3.05) is 9.80 Å². The van der Waals surface area contributed by atoms with Gasteiger partial charge in [-0.2, -0.15) is 0 Å². The van der Waals surface area contributed by atoms with Crippen molar-refractivity contribution in [3.63, 3.8) is 0 Å². The topological polar surface area (TPSA) is 105 Å². The number of nitrogens with zero attached hydrogens (tertiary/aromatic N) is 4. The number of hydrogen-bond acceptors (Lipinski definition) is 6. The zero-order valence-electron chi connectivity index (χ0n) is 35.3. The summed E-state index contributed by atoms with van der Waals surface area (Å²) in [6, 6.07) is 54.0. The Balaban J connectivity index is 1.10. The number of amides is 4. The van der Waals surface area contributed by atoms with Crippen molar-refractivity contribution in [1.82, 2.24) is 20.4 Å². The van der Waals surface area contributed by atoms with Crippen molar-refractivity contribution in [3.8, 4) is 0 Å². The normalized spacial score (nSPS) is 28.5. The van der Waals surface area contributed by atoms with E-state index < -0.39 is 47.3 Å². The third-order valence-electron chi connectivity index (χ3n) is 15.2. The van der Waals surface area contributed by atoms with Gasteiger partial charge in [0.25, 0.3) is 0 Å². The van der Waals surface area contributed by atoms with Crippen molar-refractivity contribution in [3.05, 3.63) is 203 Å². The fraction of sp³-hybridized carbons (Fsp3) is 0.259. The SMILES string of the molecule is O=C1N[C@H](Cc2ccccc2)C(=O)N2[C@@H]1C[C@@]1([C@@]34C[C@@H]5C(=O)N[C@H](Cc6ccccc6)C(=O)N5[C@@H]3N(Cc3ccccc3)c3ccccc34)c3ccccc3N(Cc3ccccc3)[C@@H]21. The number of para-hydroxylation sites is 2. The molecule has 12 rings (SSSR count). The molecule has 64 heavy (non-hydrogen) atoms. The average molecular weight is 845 g/mol. The Morgan fingerprint density at radius 2 is 0.750 bits per heavy atom. The maximum absolute atomic E-state index is 15.6. The number of fused-ring (bicyclic) bond motifs is 11. The van der Waals surface area contributed by atoms with E-state index in [1.165, 1.54) is 0 Å². The Bertz CT molecular complexity index is 2620. The molecule has 4 fully saturated rings. The van der Waals surface area contributed by atoms with E-state index in [2.05, 4.69) is 93.2 Å². The van der Waals surface area contributed by atoms with Crippen LogP contribution in [0.2, 0.25) is 0 Å². The third-order valence-corrected chi connectivity index (χ3v) is 15.2. The van der Waals surface area contributed by atoms with Gasteiger partial charge in [-0.05, 0) is 58.4 Å². The minimum Gasteiger partial charge on any atom is -0.346 e. The molecular weight excluding hydrogens is 797 g/mol. The second-order valence-electron chi connectivity index (χ2n) is 18.4. The van der Waals surface area contributed by atoms with E-state index >= 15 is 9.59 Å². The number of rotatable bonds is 9. The number of nitrogens with one attached hydrogen (secondary N) is 2. The molecule has 6 aliphatic rings. The molecule has 0 aromatic heterocycles. The van der Waals surface area contributed by atoms with E-state index in [1.54, 1.807) is 0 Å². The van der Waals surface area contributed by atoms with Gasteiger partial charge < -0.3 is 30.2 Å². The van der Waals surface area contributed by atoms with Gasteiger partial charge in [0.05, 0.1) is 10.8 Å². The van der Waals surface area contributed by atoms with Crippen molar-refractivity contribution < 1.29 is 19.2 Å². The molecule has 6 aromatic rings. The molecule has 6 aliphatic heterocycles. The van der Waals surface area contributed by atoms with Crippen LogP contribution < -0.4 is 20.4 Å². The highest BCUT2D eigenvalue weighted by Gasteiger charge is 2.80. The predicted octanol–water partition coefficient (Wildman–Crippen LogP) is 6.24. The minimum absolute atomic E-state index is 0.126. The summed E-state index contributed by atoms with van der Waals surface area (Å²) in [6.45, 7) is 0.959. The van der Waals surface area contributed by atoms with E-state index in [4.69, 9.17) is 0 Å². The summed E-state index contributed by atoms with van der Waals surface area (Å²) >= 11 is 0. The first-order chi connectivity index (χ1) is 31.4. The van der Waals surface area contributed by atoms with Crippen LogP contribution in [-0.4, -0.2) is 69.9 Å². The fourth-order valence-electron chi connectivity index (χ4n) is 12.8. The Hall–Kier alpha value is -7.20. The molecule has 0 aliphatic carbocycles. The monoisotopic (exact) mass is 844 g/mol. The molecule has 2 N–H and O–H groups in total. The molecule has 0 spiro atoms. The van der Waals surface area contributed by atoms with E-state index in [0.29, 0.717) is 38.8 Å². The number of benzene rings is 6. The summed E-state index contributed by atoms with van der Waals surface area (Å²) in [5.41, 5.74) is 6.14. The van der Waals surface area contributed by atoms with Crippen LogP contribution in [0, 0.1) is 0 Å². The van der Waals surface area contributed by atoms with Crippen LogP contribution in [0.3, 0.4) is 0 Å². The summed E-state index contributed by atoms with van der Waals surface area (Å²) < 4.78 is 0. The Morgan fingerprint density at radius 3 is 1.12 bits per heavy atom. The molecule has 10 nitrogen and oxygen atoms in total. The van der Waals surface area contributed by atoms with Gasteiger partial charge in [0.15, 0.2) is 0 Å². The Labute approximate surface area is 372 Å². The molecule has 8 atom stereocenters. The van der Waals surface area contributed by atoms with Crippen molar-refractivity contribution in [2.45, 2.75) is 86.1 Å². The van der Waals surface area contributed by atoms with Crippen LogP contribution in [0.4, 0.5) is 11.4 Å². The molecule has 0 radical (unpaired) electrons. The molecule has 10 heteroatoms. The van der Waals surface area contributed by atoms with Gasteiger partial charge in [0, 0.05) is 37.3 Å². The van der Waals surface area contributed by atoms with Crippen molar-refractivity contribution in [1.29, 1.82) is 0 Å². The lowest BCUT2D eigenvalue weighted by atomic mass is 9.54. The first-order valence-electron chi connectivity index (χ1n) is 22.5. The lowest BCUT2D eigenvalue weighted by molar-refractivity contribution is -0.149. The molecule has 0 saturated carbocycles. The highest BCUT2D eigenvalue weighted by molar-refractivity contribution is 6.01. The quantitative estimate of drug-likeness (QED) is 0.179. The zero-order valence-corrected chi connectivity index (χ0v) is 35.3. The summed E-state index contributed by atoms with van der Waals surface area (Å²) in [5.74, 6) is -0.614. The molecule has 6 heterocycles. The summed E-state index contributed by atoms with van der Waals surface area (Å²) in [6.07, 6.45) is 0.0497. The highest BCUT2D eigenvalue weighted by Crippen LogP contribution is 2.71. The summed E-state index contributed by atoms with van der Waals surface area (Å²) in [7, 11) is 0. The Kier molecular flexibility index (Phi) is 8.83. The van der Waals surface area contributed by atoms with E-state index in [0.717, 1.165) is 44.8 Å². The molecule has 318 valence electrons. The average Bonchev–Trinajstić information content (AvgIpc) is 4.04. The number of hydrogen-bond donors (Lipinski definition) is 2. The molecular formula is C54H48N6O4. The fourth-order valence-corrected chi connectivity index (χ4v) is 12.8. The van der Waals surface area contributed by atoms with Gasteiger partial charge >= 0.3 is 0 Å². The zero-order chi connectivity index (χ0) is 43.2. The largest absolute Gasteiger partial charge is 0.346 e. The van der Waals surface area contributed by atoms with Gasteiger partial charge in [0.1, 0.15) is 36.5 Å². The molecule has 0 bridgehead atoms. The number of carbonyl (C=O) groups is 4. The maximum Gasteiger partial charge on any atom is 0.247 e. The van der Waals surface area contributed by atoms with E-state index in [9.17, 15) is 9.59 Å².